The summed E-state index contributed by atoms with van der Waals surface area (Å²) in [6, 6.07) is 0. The van der Waals surface area contributed by atoms with Gasteiger partial charge >= 0.3 is 0 Å². The normalized spacial score (nSPS) is 22.5. The summed E-state index contributed by atoms with van der Waals surface area (Å²) in [6.07, 6.45) is 2.47. The van der Waals surface area contributed by atoms with Crippen LogP contribution in [0, 0.1) is 5.92 Å². The fourth-order valence-corrected chi connectivity index (χ4v) is 1.24. The molecule has 0 aromatic heterocycles. The third kappa shape index (κ3) is 2.67. The first kappa shape index (κ1) is 8.02. The predicted octanol–water partition coefficient (Wildman–Crippen LogP) is 1.45. The molecule has 0 aromatic rings. The van der Waals surface area contributed by atoms with E-state index in [4.69, 9.17) is 9.47 Å². The van der Waals surface area contributed by atoms with Crippen molar-refractivity contribution >= 4 is 0 Å². The van der Waals surface area contributed by atoms with Crippen LogP contribution in [0.15, 0.2) is 0 Å². The van der Waals surface area contributed by atoms with Gasteiger partial charge in [0.15, 0.2) is 0 Å². The van der Waals surface area contributed by atoms with Crippen molar-refractivity contribution in [3.05, 3.63) is 0 Å². The molecule has 1 aliphatic rings. The molecule has 0 atom stereocenters. The lowest BCUT2D eigenvalue weighted by Crippen LogP contribution is -2.11. The van der Waals surface area contributed by atoms with Crippen molar-refractivity contribution < 1.29 is 9.47 Å². The van der Waals surface area contributed by atoms with Gasteiger partial charge in [0.05, 0.1) is 26.4 Å². The summed E-state index contributed by atoms with van der Waals surface area (Å²) in [5.41, 5.74) is 0. The highest BCUT2D eigenvalue weighted by atomic mass is 16.5. The van der Waals surface area contributed by atoms with E-state index >= 15 is 0 Å². The molecular weight excluding hydrogens is 128 g/mol. The minimum absolute atomic E-state index is 0.646. The molecule has 1 rings (SSSR count). The molecule has 0 radical (unpaired) electrons. The van der Waals surface area contributed by atoms with Gasteiger partial charge < -0.3 is 9.47 Å². The van der Waals surface area contributed by atoms with Crippen LogP contribution in [0.3, 0.4) is 0 Å². The first-order valence-electron chi connectivity index (χ1n) is 4.09. The third-order valence-corrected chi connectivity index (χ3v) is 1.78. The molecule has 0 spiro atoms. The maximum Gasteiger partial charge on any atom is 0.0700 e. The van der Waals surface area contributed by atoms with Crippen molar-refractivity contribution in [1.82, 2.24) is 0 Å². The van der Waals surface area contributed by atoms with E-state index < -0.39 is 0 Å². The number of hydrogen-bond acceptors (Lipinski definition) is 2. The second-order valence-electron chi connectivity index (χ2n) is 2.80. The molecule has 0 aromatic carbocycles. The second kappa shape index (κ2) is 4.69. The average molecular weight is 144 g/mol. The molecule has 2 nitrogen and oxygen atoms in total. The summed E-state index contributed by atoms with van der Waals surface area (Å²) in [7, 11) is 0. The highest BCUT2D eigenvalue weighted by Crippen LogP contribution is 2.09. The molecule has 1 aliphatic heterocycles. The van der Waals surface area contributed by atoms with E-state index in [-0.39, 0.29) is 0 Å². The molecule has 60 valence electrons. The van der Waals surface area contributed by atoms with Crippen LogP contribution in [0.4, 0.5) is 0 Å². The van der Waals surface area contributed by atoms with Gasteiger partial charge in [0, 0.05) is 5.92 Å². The summed E-state index contributed by atoms with van der Waals surface area (Å²) in [4.78, 5) is 0. The van der Waals surface area contributed by atoms with E-state index in [1.807, 2.05) is 0 Å². The second-order valence-corrected chi connectivity index (χ2v) is 2.80. The van der Waals surface area contributed by atoms with Crippen LogP contribution in [0.1, 0.15) is 19.8 Å². The maximum absolute atomic E-state index is 5.33. The standard InChI is InChI=1S/C8H16O2/c1-2-3-8-6-9-4-5-10-7-8/h8H,2-7H2,1H3. The summed E-state index contributed by atoms with van der Waals surface area (Å²) < 4.78 is 10.7. The van der Waals surface area contributed by atoms with Crippen LogP contribution >= 0.6 is 0 Å². The van der Waals surface area contributed by atoms with Crippen LogP contribution in [0.25, 0.3) is 0 Å². The van der Waals surface area contributed by atoms with Crippen LogP contribution in [0.5, 0.6) is 0 Å². The topological polar surface area (TPSA) is 18.5 Å². The van der Waals surface area contributed by atoms with Crippen LogP contribution < -0.4 is 0 Å². The molecule has 0 amide bonds. The monoisotopic (exact) mass is 144 g/mol. The van der Waals surface area contributed by atoms with Gasteiger partial charge in [0.1, 0.15) is 0 Å². The molecule has 1 fully saturated rings. The van der Waals surface area contributed by atoms with Gasteiger partial charge in [-0.15, -0.1) is 0 Å². The van der Waals surface area contributed by atoms with Gasteiger partial charge in [-0.1, -0.05) is 13.3 Å². The van der Waals surface area contributed by atoms with E-state index in [0.29, 0.717) is 5.92 Å². The Morgan fingerprint density at radius 1 is 1.20 bits per heavy atom. The maximum atomic E-state index is 5.33. The number of ether oxygens (including phenoxy) is 2. The van der Waals surface area contributed by atoms with Gasteiger partial charge in [-0.05, 0) is 6.42 Å². The van der Waals surface area contributed by atoms with Gasteiger partial charge in [0.25, 0.3) is 0 Å². The molecule has 0 unspecified atom stereocenters. The molecule has 0 aliphatic carbocycles. The molecule has 0 saturated carbocycles. The van der Waals surface area contributed by atoms with E-state index in [1.54, 1.807) is 0 Å². The molecule has 0 bridgehead atoms. The minimum atomic E-state index is 0.646. The Hall–Kier alpha value is -0.0800. The van der Waals surface area contributed by atoms with Crippen molar-refractivity contribution in [2.45, 2.75) is 19.8 Å². The fraction of sp³-hybridized carbons (Fsp3) is 1.00. The zero-order valence-electron chi connectivity index (χ0n) is 6.64. The zero-order chi connectivity index (χ0) is 7.23. The summed E-state index contributed by atoms with van der Waals surface area (Å²) >= 11 is 0. The fourth-order valence-electron chi connectivity index (χ4n) is 1.24. The molecule has 0 N–H and O–H groups in total. The molecule has 2 heteroatoms. The van der Waals surface area contributed by atoms with Crippen molar-refractivity contribution in [1.29, 1.82) is 0 Å². The Morgan fingerprint density at radius 3 is 2.30 bits per heavy atom. The van der Waals surface area contributed by atoms with E-state index in [0.717, 1.165) is 26.4 Å². The van der Waals surface area contributed by atoms with Crippen molar-refractivity contribution in [2.24, 2.45) is 5.92 Å². The Bertz CT molecular complexity index is 75.3. The van der Waals surface area contributed by atoms with E-state index in [1.165, 1.54) is 12.8 Å². The summed E-state index contributed by atoms with van der Waals surface area (Å²) in [5.74, 6) is 0.646. The van der Waals surface area contributed by atoms with E-state index in [9.17, 15) is 0 Å². The SMILES string of the molecule is CCCC1COCCOC1. The summed E-state index contributed by atoms with van der Waals surface area (Å²) in [6.45, 7) is 5.55. The first-order valence-corrected chi connectivity index (χ1v) is 4.09. The molecule has 1 saturated heterocycles. The lowest BCUT2D eigenvalue weighted by molar-refractivity contribution is 0.103. The highest BCUT2D eigenvalue weighted by molar-refractivity contribution is 4.58. The highest BCUT2D eigenvalue weighted by Gasteiger charge is 2.10. The van der Waals surface area contributed by atoms with Crippen molar-refractivity contribution in [3.63, 3.8) is 0 Å². The predicted molar refractivity (Wildman–Crippen MR) is 40.0 cm³/mol. The number of rotatable bonds is 2. The van der Waals surface area contributed by atoms with E-state index in [2.05, 4.69) is 6.92 Å². The van der Waals surface area contributed by atoms with Crippen LogP contribution in [0.2, 0.25) is 0 Å². The number of hydrogen-bond donors (Lipinski definition) is 0. The molecular formula is C8H16O2. The Kier molecular flexibility index (Phi) is 3.76. The van der Waals surface area contributed by atoms with Crippen LogP contribution in [-0.2, 0) is 9.47 Å². The van der Waals surface area contributed by atoms with Gasteiger partial charge in [-0.25, -0.2) is 0 Å². The average Bonchev–Trinajstić information content (AvgIpc) is 2.17. The first-order chi connectivity index (χ1) is 4.93. The van der Waals surface area contributed by atoms with Crippen molar-refractivity contribution in [3.8, 4) is 0 Å². The Labute approximate surface area is 62.5 Å². The third-order valence-electron chi connectivity index (χ3n) is 1.78. The van der Waals surface area contributed by atoms with Gasteiger partial charge in [0.2, 0.25) is 0 Å². The molecule has 10 heavy (non-hydrogen) atoms. The minimum Gasteiger partial charge on any atom is -0.379 e. The van der Waals surface area contributed by atoms with Crippen molar-refractivity contribution in [2.75, 3.05) is 26.4 Å². The smallest absolute Gasteiger partial charge is 0.0700 e. The quantitative estimate of drug-likeness (QED) is 0.584. The van der Waals surface area contributed by atoms with Gasteiger partial charge in [-0.2, -0.15) is 0 Å². The van der Waals surface area contributed by atoms with Gasteiger partial charge in [-0.3, -0.25) is 0 Å². The molecule has 1 heterocycles. The Balaban J connectivity index is 2.15. The lowest BCUT2D eigenvalue weighted by atomic mass is 10.1. The largest absolute Gasteiger partial charge is 0.379 e. The van der Waals surface area contributed by atoms with Crippen LogP contribution in [-0.4, -0.2) is 26.4 Å². The Morgan fingerprint density at radius 2 is 1.80 bits per heavy atom. The lowest BCUT2D eigenvalue weighted by Gasteiger charge is -2.10. The zero-order valence-corrected chi connectivity index (χ0v) is 6.64. The summed E-state index contributed by atoms with van der Waals surface area (Å²) in [5, 5.41) is 0.